The Hall–Kier alpha value is -1.55. The van der Waals surface area contributed by atoms with Crippen molar-refractivity contribution in [3.8, 4) is 5.75 Å². The van der Waals surface area contributed by atoms with Gasteiger partial charge in [-0.15, -0.1) is 0 Å². The summed E-state index contributed by atoms with van der Waals surface area (Å²) in [7, 11) is 1.55. The molecule has 1 unspecified atom stereocenters. The molecule has 2 N–H and O–H groups in total. The highest BCUT2D eigenvalue weighted by Crippen LogP contribution is 2.19. The van der Waals surface area contributed by atoms with E-state index >= 15 is 0 Å². The Kier molecular flexibility index (Phi) is 5.49. The molecule has 94 valence electrons. The lowest BCUT2D eigenvalue weighted by Crippen LogP contribution is -2.30. The molecule has 0 bridgehead atoms. The summed E-state index contributed by atoms with van der Waals surface area (Å²) < 4.78 is 5.04. The van der Waals surface area contributed by atoms with Crippen LogP contribution in [0.15, 0.2) is 24.3 Å². The van der Waals surface area contributed by atoms with Crippen LogP contribution < -0.4 is 10.1 Å². The van der Waals surface area contributed by atoms with Crippen LogP contribution in [0.2, 0.25) is 0 Å². The summed E-state index contributed by atoms with van der Waals surface area (Å²) >= 11 is 0. The number of aliphatic hydroxyl groups excluding tert-OH is 1. The molecule has 17 heavy (non-hydrogen) atoms. The number of unbranched alkanes of at least 4 members (excludes halogenated alkanes) is 1. The Bertz CT molecular complexity index is 365. The van der Waals surface area contributed by atoms with Crippen molar-refractivity contribution in [3.63, 3.8) is 0 Å². The van der Waals surface area contributed by atoms with Gasteiger partial charge in [0.2, 0.25) is 0 Å². The van der Waals surface area contributed by atoms with Gasteiger partial charge < -0.3 is 15.2 Å². The SMILES string of the molecule is CCCCNC(=O)C(O)c1cccc(OC)c1. The molecule has 0 saturated heterocycles. The summed E-state index contributed by atoms with van der Waals surface area (Å²) in [6, 6.07) is 6.87. The van der Waals surface area contributed by atoms with Gasteiger partial charge in [-0.1, -0.05) is 25.5 Å². The predicted octanol–water partition coefficient (Wildman–Crippen LogP) is 1.64. The number of methoxy groups -OCH3 is 1. The van der Waals surface area contributed by atoms with Crippen LogP contribution in [0.3, 0.4) is 0 Å². The van der Waals surface area contributed by atoms with Gasteiger partial charge in [-0.25, -0.2) is 0 Å². The third-order valence-corrected chi connectivity index (χ3v) is 2.49. The molecule has 1 atom stereocenters. The molecule has 4 heteroatoms. The molecule has 0 fully saturated rings. The fraction of sp³-hybridized carbons (Fsp3) is 0.462. The first kappa shape index (κ1) is 13.5. The highest BCUT2D eigenvalue weighted by Gasteiger charge is 2.16. The predicted molar refractivity (Wildman–Crippen MR) is 65.9 cm³/mol. The van der Waals surface area contributed by atoms with Gasteiger partial charge in [0.05, 0.1) is 7.11 Å². The van der Waals surface area contributed by atoms with E-state index in [2.05, 4.69) is 5.32 Å². The number of benzene rings is 1. The van der Waals surface area contributed by atoms with Gasteiger partial charge in [0.1, 0.15) is 5.75 Å². The van der Waals surface area contributed by atoms with Crippen molar-refractivity contribution in [2.75, 3.05) is 13.7 Å². The summed E-state index contributed by atoms with van der Waals surface area (Å²) in [5.41, 5.74) is 0.540. The molecule has 0 aliphatic rings. The number of ether oxygens (including phenoxy) is 1. The monoisotopic (exact) mass is 237 g/mol. The van der Waals surface area contributed by atoms with Crippen LogP contribution in [0.25, 0.3) is 0 Å². The number of carbonyl (C=O) groups is 1. The van der Waals surface area contributed by atoms with Crippen molar-refractivity contribution in [2.24, 2.45) is 0 Å². The highest BCUT2D eigenvalue weighted by atomic mass is 16.5. The topological polar surface area (TPSA) is 58.6 Å². The Labute approximate surface area is 102 Å². The summed E-state index contributed by atoms with van der Waals surface area (Å²) in [5.74, 6) is 0.259. The molecule has 1 rings (SSSR count). The van der Waals surface area contributed by atoms with Crippen LogP contribution in [-0.4, -0.2) is 24.7 Å². The van der Waals surface area contributed by atoms with Gasteiger partial charge in [0.15, 0.2) is 6.10 Å². The van der Waals surface area contributed by atoms with E-state index < -0.39 is 6.10 Å². The first-order valence-electron chi connectivity index (χ1n) is 5.78. The summed E-state index contributed by atoms with van der Waals surface area (Å²) in [5, 5.41) is 12.5. The first-order valence-corrected chi connectivity index (χ1v) is 5.78. The van der Waals surface area contributed by atoms with E-state index in [1.165, 1.54) is 0 Å². The zero-order chi connectivity index (χ0) is 12.7. The van der Waals surface area contributed by atoms with E-state index in [-0.39, 0.29) is 5.91 Å². The van der Waals surface area contributed by atoms with Gasteiger partial charge in [-0.3, -0.25) is 4.79 Å². The van der Waals surface area contributed by atoms with E-state index in [4.69, 9.17) is 4.74 Å². The minimum atomic E-state index is -1.14. The van der Waals surface area contributed by atoms with Gasteiger partial charge in [0, 0.05) is 6.54 Å². The summed E-state index contributed by atoms with van der Waals surface area (Å²) in [4.78, 5) is 11.6. The molecule has 1 aromatic carbocycles. The Morgan fingerprint density at radius 2 is 2.29 bits per heavy atom. The van der Waals surface area contributed by atoms with Crippen molar-refractivity contribution in [1.82, 2.24) is 5.32 Å². The molecule has 0 aromatic heterocycles. The first-order chi connectivity index (χ1) is 8.19. The van der Waals surface area contributed by atoms with Crippen LogP contribution in [0.5, 0.6) is 5.75 Å². The maximum Gasteiger partial charge on any atom is 0.253 e. The molecule has 0 saturated carbocycles. The quantitative estimate of drug-likeness (QED) is 0.739. The fourth-order valence-corrected chi connectivity index (χ4v) is 1.45. The average molecular weight is 237 g/mol. The second-order valence-electron chi connectivity index (χ2n) is 3.82. The number of aliphatic hydroxyl groups is 1. The third-order valence-electron chi connectivity index (χ3n) is 2.49. The molecule has 1 amide bonds. The molecule has 0 heterocycles. The van der Waals surface area contributed by atoms with Crippen LogP contribution >= 0.6 is 0 Å². The molecule has 0 spiro atoms. The molecule has 0 radical (unpaired) electrons. The number of nitrogens with one attached hydrogen (secondary N) is 1. The maximum absolute atomic E-state index is 11.6. The maximum atomic E-state index is 11.6. The second kappa shape index (κ2) is 6.91. The minimum absolute atomic E-state index is 0.369. The zero-order valence-electron chi connectivity index (χ0n) is 10.3. The lowest BCUT2D eigenvalue weighted by atomic mass is 10.1. The van der Waals surface area contributed by atoms with E-state index in [0.29, 0.717) is 17.9 Å². The third kappa shape index (κ3) is 4.07. The van der Waals surface area contributed by atoms with Crippen molar-refractivity contribution >= 4 is 5.91 Å². The molecule has 0 aliphatic carbocycles. The lowest BCUT2D eigenvalue weighted by molar-refractivity contribution is -0.129. The lowest BCUT2D eigenvalue weighted by Gasteiger charge is -2.12. The molecule has 1 aromatic rings. The van der Waals surface area contributed by atoms with Crippen molar-refractivity contribution < 1.29 is 14.6 Å². The smallest absolute Gasteiger partial charge is 0.253 e. The van der Waals surface area contributed by atoms with Crippen molar-refractivity contribution in [2.45, 2.75) is 25.9 Å². The average Bonchev–Trinajstić information content (AvgIpc) is 2.38. The van der Waals surface area contributed by atoms with Crippen LogP contribution in [0.4, 0.5) is 0 Å². The van der Waals surface area contributed by atoms with Crippen LogP contribution in [0.1, 0.15) is 31.4 Å². The number of amides is 1. The van der Waals surface area contributed by atoms with Gasteiger partial charge in [-0.2, -0.15) is 0 Å². The van der Waals surface area contributed by atoms with E-state index in [0.717, 1.165) is 12.8 Å². The number of carbonyl (C=O) groups excluding carboxylic acids is 1. The Morgan fingerprint density at radius 3 is 2.94 bits per heavy atom. The largest absolute Gasteiger partial charge is 0.497 e. The highest BCUT2D eigenvalue weighted by molar-refractivity contribution is 5.81. The zero-order valence-corrected chi connectivity index (χ0v) is 10.3. The number of rotatable bonds is 6. The Balaban J connectivity index is 2.61. The minimum Gasteiger partial charge on any atom is -0.497 e. The number of hydrogen-bond donors (Lipinski definition) is 2. The summed E-state index contributed by atoms with van der Waals surface area (Å²) in [6.45, 7) is 2.64. The summed E-state index contributed by atoms with van der Waals surface area (Å²) in [6.07, 6.45) is 0.786. The molecular formula is C13H19NO3. The molecular weight excluding hydrogens is 218 g/mol. The van der Waals surface area contributed by atoms with E-state index in [1.54, 1.807) is 31.4 Å². The van der Waals surface area contributed by atoms with Gasteiger partial charge in [0.25, 0.3) is 5.91 Å². The van der Waals surface area contributed by atoms with Crippen molar-refractivity contribution in [1.29, 1.82) is 0 Å². The molecule has 4 nitrogen and oxygen atoms in total. The van der Waals surface area contributed by atoms with Gasteiger partial charge in [-0.05, 0) is 24.1 Å². The number of hydrogen-bond acceptors (Lipinski definition) is 3. The Morgan fingerprint density at radius 1 is 1.53 bits per heavy atom. The fourth-order valence-electron chi connectivity index (χ4n) is 1.45. The second-order valence-corrected chi connectivity index (χ2v) is 3.82. The standard InChI is InChI=1S/C13H19NO3/c1-3-4-8-14-13(16)12(15)10-6-5-7-11(9-10)17-2/h5-7,9,12,15H,3-4,8H2,1-2H3,(H,14,16). The van der Waals surface area contributed by atoms with Gasteiger partial charge >= 0.3 is 0 Å². The van der Waals surface area contributed by atoms with Crippen LogP contribution in [-0.2, 0) is 4.79 Å². The normalized spacial score (nSPS) is 11.9. The van der Waals surface area contributed by atoms with Crippen LogP contribution in [0, 0.1) is 0 Å². The van der Waals surface area contributed by atoms with E-state index in [9.17, 15) is 9.90 Å². The molecule has 0 aliphatic heterocycles. The van der Waals surface area contributed by atoms with E-state index in [1.807, 2.05) is 6.92 Å². The van der Waals surface area contributed by atoms with Crippen molar-refractivity contribution in [3.05, 3.63) is 29.8 Å².